The summed E-state index contributed by atoms with van der Waals surface area (Å²) >= 11 is 6.24. The molecule has 3 aromatic heterocycles. The average molecular weight is 404 g/mol. The molecule has 0 aliphatic carbocycles. The van der Waals surface area contributed by atoms with Crippen LogP contribution in [0.15, 0.2) is 70.1 Å². The number of carbonyl (C=O) groups is 1. The smallest absolute Gasteiger partial charge is 0.296 e. The molecule has 1 aromatic carbocycles. The van der Waals surface area contributed by atoms with Crippen LogP contribution in [0.25, 0.3) is 11.0 Å². The quantitative estimate of drug-likeness (QED) is 0.499. The predicted octanol–water partition coefficient (Wildman–Crippen LogP) is 4.29. The number of rotatable bonds is 2. The highest BCUT2D eigenvalue weighted by atomic mass is 35.5. The first-order chi connectivity index (χ1) is 14.1. The summed E-state index contributed by atoms with van der Waals surface area (Å²) in [6.45, 7) is 1.81. The van der Waals surface area contributed by atoms with E-state index in [0.29, 0.717) is 27.5 Å². The minimum Gasteiger partial charge on any atom is -0.450 e. The molecule has 7 heteroatoms. The summed E-state index contributed by atoms with van der Waals surface area (Å²) in [5.74, 6) is -0.0105. The van der Waals surface area contributed by atoms with Gasteiger partial charge >= 0.3 is 0 Å². The maximum Gasteiger partial charge on any atom is 0.296 e. The van der Waals surface area contributed by atoms with Crippen molar-refractivity contribution in [2.45, 2.75) is 13.0 Å². The van der Waals surface area contributed by atoms with E-state index in [4.69, 9.17) is 16.0 Å². The Hall–Kier alpha value is -3.51. The Morgan fingerprint density at radius 2 is 1.79 bits per heavy atom. The predicted molar refractivity (Wildman–Crippen MR) is 109 cm³/mol. The van der Waals surface area contributed by atoms with E-state index >= 15 is 0 Å². The van der Waals surface area contributed by atoms with Gasteiger partial charge in [0.2, 0.25) is 5.76 Å². The van der Waals surface area contributed by atoms with Crippen molar-refractivity contribution in [1.29, 1.82) is 0 Å². The molecule has 0 saturated carbocycles. The lowest BCUT2D eigenvalue weighted by molar-refractivity contribution is 0.0970. The molecule has 0 fully saturated rings. The van der Waals surface area contributed by atoms with Crippen LogP contribution in [0.2, 0.25) is 5.02 Å². The zero-order chi connectivity index (χ0) is 20.1. The lowest BCUT2D eigenvalue weighted by atomic mass is 10.0. The molecule has 1 amide bonds. The lowest BCUT2D eigenvalue weighted by Crippen LogP contribution is -2.30. The van der Waals surface area contributed by atoms with Gasteiger partial charge in [-0.15, -0.1) is 0 Å². The van der Waals surface area contributed by atoms with E-state index in [1.165, 1.54) is 4.90 Å². The van der Waals surface area contributed by atoms with Gasteiger partial charge in [-0.25, -0.2) is 4.98 Å². The molecular weight excluding hydrogens is 390 g/mol. The first kappa shape index (κ1) is 17.6. The van der Waals surface area contributed by atoms with Crippen LogP contribution in [-0.4, -0.2) is 15.9 Å². The minimum atomic E-state index is -0.741. The number of amides is 1. The van der Waals surface area contributed by atoms with Crippen LogP contribution in [0.3, 0.4) is 0 Å². The Morgan fingerprint density at radius 3 is 2.48 bits per heavy atom. The molecule has 4 heterocycles. The summed E-state index contributed by atoms with van der Waals surface area (Å²) in [5.41, 5.74) is 1.58. The molecule has 142 valence electrons. The minimum absolute atomic E-state index is 0.00512. The number of hydrogen-bond donors (Lipinski definition) is 0. The molecular formula is C22H14ClN3O3. The number of nitrogens with zero attached hydrogens (tertiary/aromatic N) is 3. The highest BCUT2D eigenvalue weighted by Crippen LogP contribution is 2.40. The Bertz CT molecular complexity index is 1320. The Balaban J connectivity index is 1.84. The van der Waals surface area contributed by atoms with Crippen molar-refractivity contribution < 1.29 is 9.21 Å². The summed E-state index contributed by atoms with van der Waals surface area (Å²) in [6, 6.07) is 13.1. The summed E-state index contributed by atoms with van der Waals surface area (Å²) < 4.78 is 5.93. The fourth-order valence-electron chi connectivity index (χ4n) is 3.64. The summed E-state index contributed by atoms with van der Waals surface area (Å²) in [4.78, 5) is 36.9. The molecule has 1 atom stereocenters. The molecule has 1 aliphatic rings. The van der Waals surface area contributed by atoms with Gasteiger partial charge in [-0.2, -0.15) is 0 Å². The number of hydrogen-bond acceptors (Lipinski definition) is 5. The van der Waals surface area contributed by atoms with Crippen LogP contribution in [0, 0.1) is 6.92 Å². The highest BCUT2D eigenvalue weighted by molar-refractivity contribution is 6.32. The molecule has 0 unspecified atom stereocenters. The topological polar surface area (TPSA) is 76.3 Å². The van der Waals surface area contributed by atoms with Crippen molar-refractivity contribution in [3.8, 4) is 0 Å². The van der Waals surface area contributed by atoms with Crippen LogP contribution in [0.5, 0.6) is 0 Å². The SMILES string of the molecule is Cc1cc2oc3c(c(=O)c2cc1Cl)[C@@H](c1ccccn1)N(c1ccccn1)C3=O. The van der Waals surface area contributed by atoms with Gasteiger partial charge < -0.3 is 4.42 Å². The van der Waals surface area contributed by atoms with E-state index in [1.54, 1.807) is 54.9 Å². The van der Waals surface area contributed by atoms with Gasteiger partial charge in [0.05, 0.1) is 16.6 Å². The van der Waals surface area contributed by atoms with Gasteiger partial charge in [0.25, 0.3) is 5.91 Å². The van der Waals surface area contributed by atoms with E-state index in [2.05, 4.69) is 9.97 Å². The number of anilines is 1. The molecule has 4 aromatic rings. The maximum atomic E-state index is 13.4. The van der Waals surface area contributed by atoms with Crippen molar-refractivity contribution in [2.24, 2.45) is 0 Å². The number of aryl methyl sites for hydroxylation is 1. The standard InChI is InChI=1S/C22H14ClN3O3/c1-12-10-16-13(11-14(12)23)20(27)18-19(15-6-2-4-8-24-15)26(22(28)21(18)29-16)17-7-3-5-9-25-17/h2-11,19H,1H3/t19-/m1/s1. The third-order valence-electron chi connectivity index (χ3n) is 5.02. The Labute approximate surface area is 170 Å². The zero-order valence-corrected chi connectivity index (χ0v) is 16.1. The molecule has 0 radical (unpaired) electrons. The Kier molecular flexibility index (Phi) is 3.96. The molecule has 1 aliphatic heterocycles. The second-order valence-electron chi connectivity index (χ2n) is 6.79. The van der Waals surface area contributed by atoms with Crippen molar-refractivity contribution in [3.05, 3.63) is 98.8 Å². The van der Waals surface area contributed by atoms with Crippen molar-refractivity contribution in [1.82, 2.24) is 9.97 Å². The normalized spacial score (nSPS) is 15.7. The highest BCUT2D eigenvalue weighted by Gasteiger charge is 2.44. The van der Waals surface area contributed by atoms with Gasteiger partial charge in [0, 0.05) is 17.4 Å². The van der Waals surface area contributed by atoms with Crippen molar-refractivity contribution in [3.63, 3.8) is 0 Å². The lowest BCUT2D eigenvalue weighted by Gasteiger charge is -2.23. The molecule has 29 heavy (non-hydrogen) atoms. The second kappa shape index (κ2) is 6.53. The first-order valence-corrected chi connectivity index (χ1v) is 9.36. The number of pyridine rings is 2. The van der Waals surface area contributed by atoms with E-state index in [1.807, 2.05) is 13.0 Å². The number of aromatic nitrogens is 2. The first-order valence-electron chi connectivity index (χ1n) is 8.98. The number of benzene rings is 1. The summed E-state index contributed by atoms with van der Waals surface area (Å²) in [7, 11) is 0. The number of fused-ring (bicyclic) bond motifs is 2. The maximum absolute atomic E-state index is 13.4. The average Bonchev–Trinajstić information content (AvgIpc) is 3.04. The van der Waals surface area contributed by atoms with Crippen LogP contribution in [0.1, 0.15) is 33.4 Å². The van der Waals surface area contributed by atoms with Crippen LogP contribution >= 0.6 is 11.6 Å². The van der Waals surface area contributed by atoms with Gasteiger partial charge in [0.1, 0.15) is 17.4 Å². The van der Waals surface area contributed by atoms with Gasteiger partial charge in [-0.1, -0.05) is 23.7 Å². The summed E-state index contributed by atoms with van der Waals surface area (Å²) in [5, 5.41) is 0.793. The van der Waals surface area contributed by atoms with E-state index in [9.17, 15) is 9.59 Å². The second-order valence-corrected chi connectivity index (χ2v) is 7.20. The fourth-order valence-corrected chi connectivity index (χ4v) is 3.81. The fraction of sp³-hybridized carbons (Fsp3) is 0.0909. The number of carbonyl (C=O) groups excluding carboxylic acids is 1. The largest absolute Gasteiger partial charge is 0.450 e. The van der Waals surface area contributed by atoms with Crippen LogP contribution < -0.4 is 10.3 Å². The monoisotopic (exact) mass is 403 g/mol. The summed E-state index contributed by atoms with van der Waals surface area (Å²) in [6.07, 6.45) is 3.22. The van der Waals surface area contributed by atoms with Crippen molar-refractivity contribution >= 4 is 34.3 Å². The van der Waals surface area contributed by atoms with E-state index in [-0.39, 0.29) is 16.8 Å². The zero-order valence-electron chi connectivity index (χ0n) is 15.3. The third kappa shape index (κ3) is 2.64. The third-order valence-corrected chi connectivity index (χ3v) is 5.42. The van der Waals surface area contributed by atoms with Gasteiger partial charge in [0.15, 0.2) is 5.43 Å². The van der Waals surface area contributed by atoms with Crippen molar-refractivity contribution in [2.75, 3.05) is 4.90 Å². The van der Waals surface area contributed by atoms with E-state index < -0.39 is 11.9 Å². The molecule has 0 spiro atoms. The Morgan fingerprint density at radius 1 is 1.03 bits per heavy atom. The van der Waals surface area contributed by atoms with Gasteiger partial charge in [-0.05, 0) is 48.9 Å². The molecule has 6 nitrogen and oxygen atoms in total. The molecule has 0 saturated heterocycles. The van der Waals surface area contributed by atoms with Gasteiger partial charge in [-0.3, -0.25) is 19.5 Å². The molecule has 0 N–H and O–H groups in total. The van der Waals surface area contributed by atoms with E-state index in [0.717, 1.165) is 5.56 Å². The van der Waals surface area contributed by atoms with Crippen LogP contribution in [0.4, 0.5) is 5.82 Å². The van der Waals surface area contributed by atoms with Crippen LogP contribution in [-0.2, 0) is 0 Å². The molecule has 0 bridgehead atoms. The molecule has 5 rings (SSSR count). The number of halogens is 1.